The monoisotopic (exact) mass is 218 g/mol. The average molecular weight is 219 g/mol. The molecular formula is C12H11ClN2. The third kappa shape index (κ3) is 2.48. The number of hydrogen-bond donors (Lipinski definition) is 1. The van der Waals surface area contributed by atoms with E-state index in [1.54, 1.807) is 12.4 Å². The van der Waals surface area contributed by atoms with Crippen molar-refractivity contribution in [3.05, 3.63) is 53.3 Å². The first kappa shape index (κ1) is 9.99. The van der Waals surface area contributed by atoms with Crippen LogP contribution in [-0.4, -0.2) is 4.98 Å². The molecule has 0 atom stereocenters. The van der Waals surface area contributed by atoms with Gasteiger partial charge in [0.05, 0.1) is 0 Å². The van der Waals surface area contributed by atoms with E-state index >= 15 is 0 Å². The Morgan fingerprint density at radius 2 is 1.80 bits per heavy atom. The van der Waals surface area contributed by atoms with E-state index in [9.17, 15) is 0 Å². The lowest BCUT2D eigenvalue weighted by Crippen LogP contribution is -1.90. The van der Waals surface area contributed by atoms with Gasteiger partial charge in [-0.3, -0.25) is 4.98 Å². The van der Waals surface area contributed by atoms with E-state index in [4.69, 9.17) is 11.6 Å². The second kappa shape index (κ2) is 4.32. The molecule has 1 heterocycles. The molecule has 15 heavy (non-hydrogen) atoms. The lowest BCUT2D eigenvalue weighted by Gasteiger charge is -2.07. The Hall–Kier alpha value is -1.54. The number of hydrogen-bond acceptors (Lipinski definition) is 2. The number of aromatic nitrogens is 1. The molecule has 2 aromatic rings. The SMILES string of the molecule is Cc1ccc(Nc2ccncc2)cc1Cl. The lowest BCUT2D eigenvalue weighted by molar-refractivity contribution is 1.32. The highest BCUT2D eigenvalue weighted by molar-refractivity contribution is 6.31. The second-order valence-corrected chi connectivity index (χ2v) is 3.73. The van der Waals surface area contributed by atoms with Gasteiger partial charge < -0.3 is 5.32 Å². The van der Waals surface area contributed by atoms with E-state index < -0.39 is 0 Å². The van der Waals surface area contributed by atoms with Gasteiger partial charge >= 0.3 is 0 Å². The van der Waals surface area contributed by atoms with Gasteiger partial charge in [0.25, 0.3) is 0 Å². The molecule has 76 valence electrons. The van der Waals surface area contributed by atoms with Gasteiger partial charge in [0.1, 0.15) is 0 Å². The van der Waals surface area contributed by atoms with E-state index in [2.05, 4.69) is 10.3 Å². The van der Waals surface area contributed by atoms with Crippen LogP contribution in [0, 0.1) is 6.92 Å². The first-order chi connectivity index (χ1) is 7.25. The van der Waals surface area contributed by atoms with Crippen LogP contribution in [0.15, 0.2) is 42.7 Å². The number of anilines is 2. The molecule has 0 unspecified atom stereocenters. The number of halogens is 1. The summed E-state index contributed by atoms with van der Waals surface area (Å²) in [6.45, 7) is 1.98. The minimum Gasteiger partial charge on any atom is -0.355 e. The van der Waals surface area contributed by atoms with Crippen molar-refractivity contribution in [1.29, 1.82) is 0 Å². The Labute approximate surface area is 93.9 Å². The summed E-state index contributed by atoms with van der Waals surface area (Å²) in [5, 5.41) is 4.02. The number of rotatable bonds is 2. The third-order valence-electron chi connectivity index (χ3n) is 2.14. The second-order valence-electron chi connectivity index (χ2n) is 3.32. The average Bonchev–Trinajstić information content (AvgIpc) is 2.25. The van der Waals surface area contributed by atoms with Crippen molar-refractivity contribution in [2.75, 3.05) is 5.32 Å². The molecule has 0 aliphatic rings. The van der Waals surface area contributed by atoms with Crippen LogP contribution >= 0.6 is 11.6 Å². The van der Waals surface area contributed by atoms with Crippen LogP contribution in [0.4, 0.5) is 11.4 Å². The van der Waals surface area contributed by atoms with Crippen molar-refractivity contribution in [3.8, 4) is 0 Å². The van der Waals surface area contributed by atoms with Crippen molar-refractivity contribution < 1.29 is 0 Å². The number of pyridine rings is 1. The Balaban J connectivity index is 2.22. The van der Waals surface area contributed by atoms with Crippen LogP contribution in [0.25, 0.3) is 0 Å². The summed E-state index contributed by atoms with van der Waals surface area (Å²) in [6.07, 6.45) is 3.50. The molecule has 0 radical (unpaired) electrons. The van der Waals surface area contributed by atoms with Gasteiger partial charge in [-0.1, -0.05) is 17.7 Å². The topological polar surface area (TPSA) is 24.9 Å². The fourth-order valence-electron chi connectivity index (χ4n) is 1.27. The Morgan fingerprint density at radius 3 is 2.47 bits per heavy atom. The van der Waals surface area contributed by atoms with E-state index in [1.807, 2.05) is 37.3 Å². The van der Waals surface area contributed by atoms with Crippen molar-refractivity contribution >= 4 is 23.0 Å². The molecule has 1 N–H and O–H groups in total. The van der Waals surface area contributed by atoms with Crippen LogP contribution in [-0.2, 0) is 0 Å². The lowest BCUT2D eigenvalue weighted by atomic mass is 10.2. The van der Waals surface area contributed by atoms with Crippen molar-refractivity contribution in [2.45, 2.75) is 6.92 Å². The summed E-state index contributed by atoms with van der Waals surface area (Å²) >= 11 is 6.03. The standard InChI is InChI=1S/C12H11ClN2/c1-9-2-3-11(8-12(9)13)15-10-4-6-14-7-5-10/h2-8H,1H3,(H,14,15). The minimum absolute atomic E-state index is 0.772. The Kier molecular flexibility index (Phi) is 2.88. The Morgan fingerprint density at radius 1 is 1.07 bits per heavy atom. The molecule has 1 aromatic heterocycles. The van der Waals surface area contributed by atoms with Crippen LogP contribution < -0.4 is 5.32 Å². The molecule has 0 amide bonds. The Bertz CT molecular complexity index is 454. The molecule has 0 spiro atoms. The fourth-order valence-corrected chi connectivity index (χ4v) is 1.45. The zero-order valence-electron chi connectivity index (χ0n) is 8.37. The highest BCUT2D eigenvalue weighted by Crippen LogP contribution is 2.22. The van der Waals surface area contributed by atoms with E-state index in [0.717, 1.165) is 22.0 Å². The summed E-state index contributed by atoms with van der Waals surface area (Å²) in [6, 6.07) is 9.73. The third-order valence-corrected chi connectivity index (χ3v) is 2.55. The number of nitrogens with zero attached hydrogens (tertiary/aromatic N) is 1. The van der Waals surface area contributed by atoms with Gasteiger partial charge in [-0.25, -0.2) is 0 Å². The molecule has 0 aliphatic heterocycles. The molecule has 2 rings (SSSR count). The predicted octanol–water partition coefficient (Wildman–Crippen LogP) is 3.79. The maximum Gasteiger partial charge on any atom is 0.0455 e. The van der Waals surface area contributed by atoms with Crippen molar-refractivity contribution in [3.63, 3.8) is 0 Å². The molecule has 0 bridgehead atoms. The van der Waals surface area contributed by atoms with Gasteiger partial charge in [0, 0.05) is 28.8 Å². The summed E-state index contributed by atoms with van der Waals surface area (Å²) in [7, 11) is 0. The molecule has 1 aromatic carbocycles. The van der Waals surface area contributed by atoms with Gasteiger partial charge in [-0.05, 0) is 36.8 Å². The van der Waals surface area contributed by atoms with Crippen LogP contribution in [0.1, 0.15) is 5.56 Å². The maximum atomic E-state index is 6.03. The molecule has 0 saturated carbocycles. The smallest absolute Gasteiger partial charge is 0.0455 e. The minimum atomic E-state index is 0.772. The number of nitrogens with one attached hydrogen (secondary N) is 1. The van der Waals surface area contributed by atoms with E-state index in [0.29, 0.717) is 0 Å². The highest BCUT2D eigenvalue weighted by atomic mass is 35.5. The van der Waals surface area contributed by atoms with Crippen molar-refractivity contribution in [2.24, 2.45) is 0 Å². The summed E-state index contributed by atoms with van der Waals surface area (Å²) in [5.41, 5.74) is 3.07. The number of aryl methyl sites for hydroxylation is 1. The quantitative estimate of drug-likeness (QED) is 0.830. The predicted molar refractivity (Wildman–Crippen MR) is 63.7 cm³/mol. The van der Waals surface area contributed by atoms with Crippen LogP contribution in [0.5, 0.6) is 0 Å². The van der Waals surface area contributed by atoms with Gasteiger partial charge in [-0.15, -0.1) is 0 Å². The van der Waals surface area contributed by atoms with Gasteiger partial charge in [0.15, 0.2) is 0 Å². The summed E-state index contributed by atoms with van der Waals surface area (Å²) in [5.74, 6) is 0. The molecular weight excluding hydrogens is 208 g/mol. The molecule has 2 nitrogen and oxygen atoms in total. The first-order valence-corrected chi connectivity index (χ1v) is 5.07. The zero-order valence-corrected chi connectivity index (χ0v) is 9.12. The molecule has 0 fully saturated rings. The highest BCUT2D eigenvalue weighted by Gasteiger charge is 1.97. The summed E-state index contributed by atoms with van der Waals surface area (Å²) < 4.78 is 0. The molecule has 0 saturated heterocycles. The largest absolute Gasteiger partial charge is 0.355 e. The van der Waals surface area contributed by atoms with Crippen molar-refractivity contribution in [1.82, 2.24) is 4.98 Å². The number of benzene rings is 1. The van der Waals surface area contributed by atoms with E-state index in [1.165, 1.54) is 0 Å². The normalized spacial score (nSPS) is 10.0. The fraction of sp³-hybridized carbons (Fsp3) is 0.0833. The van der Waals surface area contributed by atoms with E-state index in [-0.39, 0.29) is 0 Å². The van der Waals surface area contributed by atoms with Gasteiger partial charge in [0.2, 0.25) is 0 Å². The first-order valence-electron chi connectivity index (χ1n) is 4.69. The molecule has 0 aliphatic carbocycles. The van der Waals surface area contributed by atoms with Gasteiger partial charge in [-0.2, -0.15) is 0 Å². The van der Waals surface area contributed by atoms with Crippen LogP contribution in [0.3, 0.4) is 0 Å². The summed E-state index contributed by atoms with van der Waals surface area (Å²) in [4.78, 5) is 3.95. The zero-order chi connectivity index (χ0) is 10.7. The maximum absolute atomic E-state index is 6.03. The molecule has 3 heteroatoms. The van der Waals surface area contributed by atoms with Crippen LogP contribution in [0.2, 0.25) is 5.02 Å².